The molecule has 3 aromatic heterocycles. The lowest BCUT2D eigenvalue weighted by Gasteiger charge is -2.34. The van der Waals surface area contributed by atoms with Crippen LogP contribution in [0.5, 0.6) is 0 Å². The van der Waals surface area contributed by atoms with E-state index in [1.807, 2.05) is 12.1 Å². The highest BCUT2D eigenvalue weighted by molar-refractivity contribution is 5.59. The maximum atomic E-state index is 12.0. The summed E-state index contributed by atoms with van der Waals surface area (Å²) >= 11 is 0. The molecule has 4 heterocycles. The van der Waals surface area contributed by atoms with Crippen LogP contribution in [0.4, 0.5) is 11.9 Å². The van der Waals surface area contributed by atoms with Crippen LogP contribution in [-0.2, 0) is 0 Å². The van der Waals surface area contributed by atoms with Gasteiger partial charge in [-0.2, -0.15) is 0 Å². The highest BCUT2D eigenvalue weighted by atomic mass is 16.1. The number of pyridine rings is 1. The van der Waals surface area contributed by atoms with Crippen molar-refractivity contribution in [2.75, 3.05) is 36.0 Å². The highest BCUT2D eigenvalue weighted by Gasteiger charge is 2.20. The quantitative estimate of drug-likeness (QED) is 0.762. The van der Waals surface area contributed by atoms with Crippen LogP contribution in [0.2, 0.25) is 0 Å². The van der Waals surface area contributed by atoms with Crippen LogP contribution in [0.1, 0.15) is 0 Å². The SMILES string of the molecule is O=c1cc(-c2ccncc2)nc(N2CCN(c3ncccn3)CC2)[nH]1. The minimum Gasteiger partial charge on any atom is -0.339 e. The van der Waals surface area contributed by atoms with Crippen LogP contribution in [0, 0.1) is 0 Å². The Morgan fingerprint density at radius 1 is 0.920 bits per heavy atom. The van der Waals surface area contributed by atoms with E-state index < -0.39 is 0 Å². The summed E-state index contributed by atoms with van der Waals surface area (Å²) in [5.41, 5.74) is 1.36. The van der Waals surface area contributed by atoms with Crippen molar-refractivity contribution in [2.45, 2.75) is 0 Å². The van der Waals surface area contributed by atoms with E-state index in [4.69, 9.17) is 0 Å². The van der Waals surface area contributed by atoms with E-state index in [0.29, 0.717) is 11.6 Å². The lowest BCUT2D eigenvalue weighted by atomic mass is 10.2. The zero-order valence-corrected chi connectivity index (χ0v) is 13.5. The second-order valence-electron chi connectivity index (χ2n) is 5.71. The Morgan fingerprint density at radius 2 is 1.60 bits per heavy atom. The molecule has 1 N–H and O–H groups in total. The van der Waals surface area contributed by atoms with Gasteiger partial charge < -0.3 is 9.80 Å². The Hall–Kier alpha value is -3.29. The largest absolute Gasteiger partial charge is 0.339 e. The molecule has 1 fully saturated rings. The maximum absolute atomic E-state index is 12.0. The van der Waals surface area contributed by atoms with E-state index in [9.17, 15) is 4.79 Å². The van der Waals surface area contributed by atoms with Crippen LogP contribution in [0.3, 0.4) is 0 Å². The van der Waals surface area contributed by atoms with E-state index in [-0.39, 0.29) is 5.56 Å². The lowest BCUT2D eigenvalue weighted by Crippen LogP contribution is -2.48. The molecule has 25 heavy (non-hydrogen) atoms. The Balaban J connectivity index is 1.53. The summed E-state index contributed by atoms with van der Waals surface area (Å²) in [7, 11) is 0. The Kier molecular flexibility index (Phi) is 4.07. The van der Waals surface area contributed by atoms with Crippen LogP contribution >= 0.6 is 0 Å². The van der Waals surface area contributed by atoms with Crippen molar-refractivity contribution in [3.63, 3.8) is 0 Å². The molecule has 3 aromatic rings. The molecule has 0 atom stereocenters. The molecule has 0 amide bonds. The standard InChI is InChI=1S/C17H17N7O/c25-15-12-14(13-2-6-18-7-3-13)21-17(22-15)24-10-8-23(9-11-24)16-19-4-1-5-20-16/h1-7,12H,8-11H2,(H,21,22,25). The van der Waals surface area contributed by atoms with E-state index in [1.54, 1.807) is 30.9 Å². The second-order valence-corrected chi connectivity index (χ2v) is 5.71. The number of piperazine rings is 1. The molecule has 1 aliphatic heterocycles. The topological polar surface area (TPSA) is 90.9 Å². The first-order valence-electron chi connectivity index (χ1n) is 8.08. The second kappa shape index (κ2) is 6.68. The van der Waals surface area contributed by atoms with Crippen molar-refractivity contribution in [2.24, 2.45) is 0 Å². The number of anilines is 2. The van der Waals surface area contributed by atoms with Gasteiger partial charge in [0.1, 0.15) is 0 Å². The summed E-state index contributed by atoms with van der Waals surface area (Å²) in [5.74, 6) is 1.32. The minimum atomic E-state index is -0.161. The van der Waals surface area contributed by atoms with Crippen molar-refractivity contribution < 1.29 is 0 Å². The van der Waals surface area contributed by atoms with Crippen LogP contribution in [0.15, 0.2) is 53.8 Å². The monoisotopic (exact) mass is 335 g/mol. The molecular weight excluding hydrogens is 318 g/mol. The molecule has 1 aliphatic rings. The fraction of sp³-hybridized carbons (Fsp3) is 0.235. The zero-order chi connectivity index (χ0) is 17.1. The maximum Gasteiger partial charge on any atom is 0.252 e. The van der Waals surface area contributed by atoms with Gasteiger partial charge in [-0.05, 0) is 18.2 Å². The molecule has 8 heteroatoms. The summed E-state index contributed by atoms with van der Waals surface area (Å²) in [6, 6.07) is 7.00. The number of nitrogens with zero attached hydrogens (tertiary/aromatic N) is 6. The summed E-state index contributed by atoms with van der Waals surface area (Å²) < 4.78 is 0. The van der Waals surface area contributed by atoms with Gasteiger partial charge in [-0.15, -0.1) is 0 Å². The smallest absolute Gasteiger partial charge is 0.252 e. The summed E-state index contributed by atoms with van der Waals surface area (Å²) in [6.45, 7) is 3.02. The van der Waals surface area contributed by atoms with Crippen LogP contribution < -0.4 is 15.4 Å². The predicted molar refractivity (Wildman–Crippen MR) is 94.5 cm³/mol. The first-order chi connectivity index (χ1) is 12.3. The van der Waals surface area contributed by atoms with Crippen molar-refractivity contribution in [3.05, 3.63) is 59.4 Å². The molecule has 0 radical (unpaired) electrons. The average molecular weight is 335 g/mol. The molecule has 1 saturated heterocycles. The predicted octanol–water partition coefficient (Wildman–Crippen LogP) is 0.948. The molecule has 0 saturated carbocycles. The van der Waals surface area contributed by atoms with Gasteiger partial charge in [0.2, 0.25) is 11.9 Å². The zero-order valence-electron chi connectivity index (χ0n) is 13.5. The number of hydrogen-bond donors (Lipinski definition) is 1. The number of H-pyrrole nitrogens is 1. The molecule has 8 nitrogen and oxygen atoms in total. The van der Waals surface area contributed by atoms with Crippen molar-refractivity contribution in [1.29, 1.82) is 0 Å². The Morgan fingerprint density at radius 3 is 2.32 bits per heavy atom. The van der Waals surface area contributed by atoms with Gasteiger partial charge in [-0.1, -0.05) is 0 Å². The number of rotatable bonds is 3. The first-order valence-corrected chi connectivity index (χ1v) is 8.08. The van der Waals surface area contributed by atoms with Gasteiger partial charge in [0.25, 0.3) is 5.56 Å². The highest BCUT2D eigenvalue weighted by Crippen LogP contribution is 2.18. The van der Waals surface area contributed by atoms with Gasteiger partial charge >= 0.3 is 0 Å². The van der Waals surface area contributed by atoms with E-state index in [0.717, 1.165) is 37.7 Å². The van der Waals surface area contributed by atoms with E-state index in [2.05, 4.69) is 34.7 Å². The molecule has 4 rings (SSSR count). The molecular formula is C17H17N7O. The van der Waals surface area contributed by atoms with Crippen molar-refractivity contribution >= 4 is 11.9 Å². The third kappa shape index (κ3) is 3.32. The minimum absolute atomic E-state index is 0.161. The number of hydrogen-bond acceptors (Lipinski definition) is 7. The summed E-state index contributed by atoms with van der Waals surface area (Å²) in [5, 5.41) is 0. The molecule has 126 valence electrons. The normalized spacial score (nSPS) is 14.6. The van der Waals surface area contributed by atoms with Gasteiger partial charge in [0.15, 0.2) is 0 Å². The Labute approximate surface area is 144 Å². The van der Waals surface area contributed by atoms with Crippen molar-refractivity contribution in [1.82, 2.24) is 24.9 Å². The van der Waals surface area contributed by atoms with Crippen LogP contribution in [-0.4, -0.2) is 51.1 Å². The van der Waals surface area contributed by atoms with Crippen molar-refractivity contribution in [3.8, 4) is 11.3 Å². The average Bonchev–Trinajstić information content (AvgIpc) is 2.69. The van der Waals surface area contributed by atoms with Gasteiger partial charge in [-0.25, -0.2) is 15.0 Å². The fourth-order valence-electron chi connectivity index (χ4n) is 2.84. The van der Waals surface area contributed by atoms with E-state index >= 15 is 0 Å². The van der Waals surface area contributed by atoms with Gasteiger partial charge in [0.05, 0.1) is 5.69 Å². The van der Waals surface area contributed by atoms with Gasteiger partial charge in [-0.3, -0.25) is 14.8 Å². The Bertz CT molecular complexity index is 890. The molecule has 0 aromatic carbocycles. The number of aromatic nitrogens is 5. The fourth-order valence-corrected chi connectivity index (χ4v) is 2.84. The summed E-state index contributed by atoms with van der Waals surface area (Å²) in [4.78, 5) is 36.3. The number of nitrogens with one attached hydrogen (secondary N) is 1. The van der Waals surface area contributed by atoms with Gasteiger partial charge in [0, 0.05) is 62.6 Å². The number of aromatic amines is 1. The lowest BCUT2D eigenvalue weighted by molar-refractivity contribution is 0.627. The molecule has 0 unspecified atom stereocenters. The molecule has 0 aliphatic carbocycles. The third-order valence-electron chi connectivity index (χ3n) is 4.12. The van der Waals surface area contributed by atoms with Crippen LogP contribution in [0.25, 0.3) is 11.3 Å². The molecule has 0 bridgehead atoms. The summed E-state index contributed by atoms with van der Waals surface area (Å²) in [6.07, 6.45) is 6.87. The first kappa shape index (κ1) is 15.3. The molecule has 0 spiro atoms. The third-order valence-corrected chi connectivity index (χ3v) is 4.12. The van der Waals surface area contributed by atoms with E-state index in [1.165, 1.54) is 6.07 Å².